The van der Waals surface area contributed by atoms with Crippen LogP contribution >= 0.6 is 0 Å². The van der Waals surface area contributed by atoms with E-state index in [1.807, 2.05) is 0 Å². The molecule has 1 aliphatic heterocycles. The molecule has 0 fully saturated rings. The van der Waals surface area contributed by atoms with E-state index in [4.69, 9.17) is 4.74 Å². The van der Waals surface area contributed by atoms with Crippen molar-refractivity contribution in [1.82, 2.24) is 5.01 Å². The number of hydrogen-bond donors (Lipinski definition) is 0. The lowest BCUT2D eigenvalue weighted by molar-refractivity contribution is 0.0872. The van der Waals surface area contributed by atoms with Gasteiger partial charge in [-0.25, -0.2) is 4.79 Å². The van der Waals surface area contributed by atoms with Crippen molar-refractivity contribution in [2.45, 2.75) is 46.2 Å². The summed E-state index contributed by atoms with van der Waals surface area (Å²) in [6.07, 6.45) is 2.20. The molecule has 0 spiro atoms. The summed E-state index contributed by atoms with van der Waals surface area (Å²) in [5.74, 6) is 0.462. The highest BCUT2D eigenvalue weighted by Gasteiger charge is 2.23. The number of amidine groups is 1. The van der Waals surface area contributed by atoms with Crippen molar-refractivity contribution in [3.63, 3.8) is 0 Å². The lowest BCUT2D eigenvalue weighted by atomic mass is 10.3. The number of azo groups is 1. The minimum absolute atomic E-state index is 0.387. The summed E-state index contributed by atoms with van der Waals surface area (Å²) in [7, 11) is 0. The molecule has 0 radical (unpaired) electrons. The quantitative estimate of drug-likeness (QED) is 0.692. The third-order valence-corrected chi connectivity index (χ3v) is 2.14. The smallest absolute Gasteiger partial charge is 0.432 e. The first-order valence-electron chi connectivity index (χ1n) is 5.57. The molecule has 0 bridgehead atoms. The van der Waals surface area contributed by atoms with E-state index in [0.29, 0.717) is 12.4 Å². The molecule has 0 aromatic rings. The van der Waals surface area contributed by atoms with Gasteiger partial charge in [-0.05, 0) is 20.3 Å². The van der Waals surface area contributed by atoms with Crippen LogP contribution in [0.1, 0.15) is 40.0 Å². The van der Waals surface area contributed by atoms with Gasteiger partial charge in [0.25, 0.3) is 0 Å². The third kappa shape index (κ3) is 3.60. The molecular formula is C10H18N4O2. The fraction of sp³-hybridized carbons (Fsp3) is 0.800. The number of rotatable bonds is 4. The normalized spacial score (nSPS) is 19.6. The summed E-state index contributed by atoms with van der Waals surface area (Å²) in [5.41, 5.74) is 0. The van der Waals surface area contributed by atoms with Crippen LogP contribution in [0.25, 0.3) is 0 Å². The number of carbonyl (C=O) groups excluding carboxylic acids is 1. The SMILES string of the molecule is CCCCCOC(=O)N1N=C(C)N=NC1C. The standard InChI is InChI=1S/C10H18N4O2/c1-4-5-6-7-16-10(15)14-9(3)12-11-8(2)13-14/h9H,4-7H2,1-3H3. The average molecular weight is 226 g/mol. The number of amides is 1. The zero-order valence-corrected chi connectivity index (χ0v) is 10.0. The molecule has 90 valence electrons. The van der Waals surface area contributed by atoms with Gasteiger partial charge in [0.05, 0.1) is 6.61 Å². The third-order valence-electron chi connectivity index (χ3n) is 2.14. The van der Waals surface area contributed by atoms with Gasteiger partial charge in [0.2, 0.25) is 0 Å². The van der Waals surface area contributed by atoms with E-state index in [1.165, 1.54) is 5.01 Å². The summed E-state index contributed by atoms with van der Waals surface area (Å²) in [6.45, 7) is 5.96. The van der Waals surface area contributed by atoms with Crippen molar-refractivity contribution in [2.75, 3.05) is 6.61 Å². The van der Waals surface area contributed by atoms with Crippen molar-refractivity contribution >= 4 is 11.9 Å². The van der Waals surface area contributed by atoms with Crippen molar-refractivity contribution in [3.8, 4) is 0 Å². The Morgan fingerprint density at radius 2 is 2.25 bits per heavy atom. The predicted octanol–water partition coefficient (Wildman–Crippen LogP) is 2.76. The second-order valence-electron chi connectivity index (χ2n) is 3.66. The molecule has 16 heavy (non-hydrogen) atoms. The highest BCUT2D eigenvalue weighted by molar-refractivity contribution is 5.82. The molecule has 0 aromatic carbocycles. The Labute approximate surface area is 95.4 Å². The zero-order valence-electron chi connectivity index (χ0n) is 10.0. The van der Waals surface area contributed by atoms with Crippen molar-refractivity contribution < 1.29 is 9.53 Å². The molecule has 0 saturated carbocycles. The fourth-order valence-corrected chi connectivity index (χ4v) is 1.25. The van der Waals surface area contributed by atoms with E-state index < -0.39 is 6.09 Å². The number of hydrogen-bond acceptors (Lipinski definition) is 5. The number of carbonyl (C=O) groups is 1. The number of ether oxygens (including phenoxy) is 1. The second kappa shape index (κ2) is 6.19. The van der Waals surface area contributed by atoms with E-state index in [9.17, 15) is 4.79 Å². The van der Waals surface area contributed by atoms with Crippen LogP contribution in [0.4, 0.5) is 4.79 Å². The van der Waals surface area contributed by atoms with Crippen LogP contribution in [0.15, 0.2) is 15.3 Å². The topological polar surface area (TPSA) is 66.6 Å². The average Bonchev–Trinajstić information content (AvgIpc) is 2.27. The summed E-state index contributed by atoms with van der Waals surface area (Å²) in [4.78, 5) is 11.6. The molecule has 6 heteroatoms. The fourth-order valence-electron chi connectivity index (χ4n) is 1.25. The van der Waals surface area contributed by atoms with Crippen LogP contribution in [0.3, 0.4) is 0 Å². The molecule has 1 atom stereocenters. The molecule has 1 aliphatic rings. The molecule has 1 unspecified atom stereocenters. The summed E-state index contributed by atoms with van der Waals surface area (Å²) < 4.78 is 5.08. The summed E-state index contributed by atoms with van der Waals surface area (Å²) in [5, 5.41) is 12.8. The van der Waals surface area contributed by atoms with Crippen LogP contribution in [-0.2, 0) is 4.74 Å². The lowest BCUT2D eigenvalue weighted by Gasteiger charge is -2.22. The van der Waals surface area contributed by atoms with E-state index in [0.717, 1.165) is 19.3 Å². The monoisotopic (exact) mass is 226 g/mol. The molecule has 0 saturated heterocycles. The Balaban J connectivity index is 2.38. The van der Waals surface area contributed by atoms with E-state index >= 15 is 0 Å². The molecule has 1 rings (SSSR count). The van der Waals surface area contributed by atoms with Gasteiger partial charge >= 0.3 is 6.09 Å². The summed E-state index contributed by atoms with van der Waals surface area (Å²) >= 11 is 0. The predicted molar refractivity (Wildman–Crippen MR) is 60.1 cm³/mol. The van der Waals surface area contributed by atoms with Crippen LogP contribution in [0.5, 0.6) is 0 Å². The maximum atomic E-state index is 11.6. The second-order valence-corrected chi connectivity index (χ2v) is 3.66. The minimum Gasteiger partial charge on any atom is -0.448 e. The van der Waals surface area contributed by atoms with Crippen LogP contribution < -0.4 is 0 Å². The van der Waals surface area contributed by atoms with Crippen molar-refractivity contribution in [2.24, 2.45) is 15.3 Å². The molecule has 1 amide bonds. The minimum atomic E-state index is -0.457. The number of unbranched alkanes of at least 4 members (excludes halogenated alkanes) is 2. The first-order valence-corrected chi connectivity index (χ1v) is 5.57. The van der Waals surface area contributed by atoms with Gasteiger partial charge in [-0.2, -0.15) is 10.1 Å². The van der Waals surface area contributed by atoms with Crippen LogP contribution in [-0.4, -0.2) is 29.7 Å². The maximum Gasteiger partial charge on any atom is 0.432 e. The Morgan fingerprint density at radius 1 is 1.50 bits per heavy atom. The number of hydrazone groups is 1. The van der Waals surface area contributed by atoms with Gasteiger partial charge in [-0.3, -0.25) is 0 Å². The Kier molecular flexibility index (Phi) is 4.88. The molecule has 6 nitrogen and oxygen atoms in total. The van der Waals surface area contributed by atoms with Crippen LogP contribution in [0, 0.1) is 0 Å². The van der Waals surface area contributed by atoms with E-state index in [1.54, 1.807) is 13.8 Å². The van der Waals surface area contributed by atoms with Gasteiger partial charge in [-0.1, -0.05) is 19.8 Å². The first kappa shape index (κ1) is 12.6. The van der Waals surface area contributed by atoms with E-state index in [-0.39, 0.29) is 6.17 Å². The molecule has 0 aliphatic carbocycles. The van der Waals surface area contributed by atoms with Gasteiger partial charge in [-0.15, -0.1) is 10.2 Å². The van der Waals surface area contributed by atoms with Gasteiger partial charge in [0, 0.05) is 0 Å². The Morgan fingerprint density at radius 3 is 2.94 bits per heavy atom. The molecule has 0 aromatic heterocycles. The molecular weight excluding hydrogens is 208 g/mol. The first-order chi connectivity index (χ1) is 7.65. The zero-order chi connectivity index (χ0) is 12.0. The van der Waals surface area contributed by atoms with Crippen molar-refractivity contribution in [1.29, 1.82) is 0 Å². The highest BCUT2D eigenvalue weighted by atomic mass is 16.6. The highest BCUT2D eigenvalue weighted by Crippen LogP contribution is 2.11. The van der Waals surface area contributed by atoms with Gasteiger partial charge < -0.3 is 4.74 Å². The Bertz CT molecular complexity index is 301. The summed E-state index contributed by atoms with van der Waals surface area (Å²) in [6, 6.07) is 0. The maximum absolute atomic E-state index is 11.6. The van der Waals surface area contributed by atoms with Crippen molar-refractivity contribution in [3.05, 3.63) is 0 Å². The largest absolute Gasteiger partial charge is 0.448 e. The lowest BCUT2D eigenvalue weighted by Crippen LogP contribution is -2.36. The van der Waals surface area contributed by atoms with Crippen LogP contribution in [0.2, 0.25) is 0 Å². The van der Waals surface area contributed by atoms with Gasteiger partial charge in [0.15, 0.2) is 12.0 Å². The molecule has 0 N–H and O–H groups in total. The van der Waals surface area contributed by atoms with Gasteiger partial charge in [0.1, 0.15) is 0 Å². The van der Waals surface area contributed by atoms with E-state index in [2.05, 4.69) is 22.3 Å². The Hall–Kier alpha value is -1.46. The number of nitrogens with zero attached hydrogens (tertiary/aromatic N) is 4. The molecule has 1 heterocycles.